The maximum atomic E-state index is 13.6. The lowest BCUT2D eigenvalue weighted by atomic mass is 9.81. The summed E-state index contributed by atoms with van der Waals surface area (Å²) in [4.78, 5) is 4.44. The number of benzene rings is 2. The van der Waals surface area contributed by atoms with Crippen LogP contribution in [0.4, 0.5) is 15.8 Å². The third kappa shape index (κ3) is 5.20. The molecule has 0 bridgehead atoms. The Morgan fingerprint density at radius 1 is 1.17 bits per heavy atom. The maximum absolute atomic E-state index is 13.6. The van der Waals surface area contributed by atoms with Gasteiger partial charge in [-0.2, -0.15) is 20.7 Å². The van der Waals surface area contributed by atoms with Crippen LogP contribution in [0.15, 0.2) is 48.8 Å². The molecule has 0 amide bonds. The number of nitrogens with one attached hydrogen (secondary N) is 3. The molecule has 3 N–H and O–H groups in total. The van der Waals surface area contributed by atoms with Crippen molar-refractivity contribution in [2.75, 3.05) is 17.2 Å². The average molecular weight is 492 g/mol. The molecule has 180 valence electrons. The minimum atomic E-state index is -0.411. The Morgan fingerprint density at radius 3 is 2.54 bits per heavy atom. The predicted molar refractivity (Wildman–Crippen MR) is 137 cm³/mol. The highest BCUT2D eigenvalue weighted by Crippen LogP contribution is 2.36. The van der Waals surface area contributed by atoms with Crippen molar-refractivity contribution < 1.29 is 4.39 Å². The van der Waals surface area contributed by atoms with Gasteiger partial charge in [0.15, 0.2) is 0 Å². The summed E-state index contributed by atoms with van der Waals surface area (Å²) in [6.07, 6.45) is 3.16. The molecule has 1 unspecified atom stereocenters. The highest BCUT2D eigenvalue weighted by Gasteiger charge is 2.24. The van der Waals surface area contributed by atoms with Crippen molar-refractivity contribution in [3.05, 3.63) is 76.5 Å². The second-order valence-electron chi connectivity index (χ2n) is 9.53. The molecule has 0 saturated heterocycles. The lowest BCUT2D eigenvalue weighted by Crippen LogP contribution is -2.28. The molecule has 35 heavy (non-hydrogen) atoms. The van der Waals surface area contributed by atoms with Gasteiger partial charge in [0, 0.05) is 23.8 Å². The summed E-state index contributed by atoms with van der Waals surface area (Å²) < 4.78 is 13.6. The summed E-state index contributed by atoms with van der Waals surface area (Å²) in [7, 11) is 0. The van der Waals surface area contributed by atoms with Crippen molar-refractivity contribution in [3.8, 4) is 6.07 Å². The number of rotatable bonds is 8. The number of hydrogen-bond donors (Lipinski definition) is 3. The summed E-state index contributed by atoms with van der Waals surface area (Å²) in [6.45, 7) is 9.40. The highest BCUT2D eigenvalue weighted by atomic mass is 35.5. The summed E-state index contributed by atoms with van der Waals surface area (Å²) in [5.74, 6) is 0.116. The molecular weight excluding hydrogens is 465 g/mol. The van der Waals surface area contributed by atoms with Crippen LogP contribution in [0, 0.1) is 28.5 Å². The number of nitrogens with zero attached hydrogens (tertiary/aromatic N) is 4. The van der Waals surface area contributed by atoms with Gasteiger partial charge in [-0.3, -0.25) is 4.98 Å². The van der Waals surface area contributed by atoms with E-state index in [0.29, 0.717) is 45.6 Å². The zero-order valence-electron chi connectivity index (χ0n) is 20.0. The van der Waals surface area contributed by atoms with Crippen LogP contribution in [0.25, 0.3) is 10.9 Å². The first-order chi connectivity index (χ1) is 16.7. The Morgan fingerprint density at radius 2 is 1.91 bits per heavy atom. The van der Waals surface area contributed by atoms with Gasteiger partial charge in [0.2, 0.25) is 0 Å². The molecule has 2 aromatic heterocycles. The van der Waals surface area contributed by atoms with E-state index in [2.05, 4.69) is 64.8 Å². The van der Waals surface area contributed by atoms with E-state index in [-0.39, 0.29) is 11.2 Å². The zero-order valence-corrected chi connectivity index (χ0v) is 20.8. The van der Waals surface area contributed by atoms with Crippen LogP contribution in [0.3, 0.4) is 0 Å². The van der Waals surface area contributed by atoms with Gasteiger partial charge in [-0.15, -0.1) is 0 Å². The average Bonchev–Trinajstić information content (AvgIpc) is 3.36. The van der Waals surface area contributed by atoms with Gasteiger partial charge in [0.1, 0.15) is 17.6 Å². The smallest absolute Gasteiger partial charge is 0.123 e. The molecule has 9 heteroatoms. The van der Waals surface area contributed by atoms with E-state index in [1.54, 1.807) is 30.6 Å². The van der Waals surface area contributed by atoms with Crippen molar-refractivity contribution in [1.29, 1.82) is 5.26 Å². The minimum absolute atomic E-state index is 0.00258. The van der Waals surface area contributed by atoms with Gasteiger partial charge in [-0.25, -0.2) is 4.39 Å². The Balaban J connectivity index is 1.78. The molecule has 0 radical (unpaired) electrons. The molecule has 4 aromatic rings. The number of nitriles is 1. The van der Waals surface area contributed by atoms with Crippen LogP contribution < -0.4 is 10.6 Å². The third-order valence-corrected chi connectivity index (χ3v) is 6.86. The SMILES string of the molecule is CC(C)C(C)(C)CNc1c(C#N)cnc2c(Cl)cc(NC(c3ccc(F)cc3)c3cn[nH]n3)cc12. The van der Waals surface area contributed by atoms with E-state index >= 15 is 0 Å². The number of anilines is 2. The van der Waals surface area contributed by atoms with Gasteiger partial charge in [0.05, 0.1) is 34.0 Å². The number of aromatic nitrogens is 4. The summed E-state index contributed by atoms with van der Waals surface area (Å²) >= 11 is 6.65. The third-order valence-electron chi connectivity index (χ3n) is 6.57. The first kappa shape index (κ1) is 24.4. The van der Waals surface area contributed by atoms with Crippen molar-refractivity contribution in [2.24, 2.45) is 11.3 Å². The number of hydrogen-bond acceptors (Lipinski definition) is 6. The van der Waals surface area contributed by atoms with Crippen molar-refractivity contribution in [3.63, 3.8) is 0 Å². The summed E-state index contributed by atoms with van der Waals surface area (Å²) in [6, 6.07) is 11.7. The summed E-state index contributed by atoms with van der Waals surface area (Å²) in [5, 5.41) is 28.6. The van der Waals surface area contributed by atoms with E-state index in [0.717, 1.165) is 10.9 Å². The van der Waals surface area contributed by atoms with Crippen LogP contribution >= 0.6 is 11.6 Å². The quantitative estimate of drug-likeness (QED) is 0.267. The molecule has 0 aliphatic carbocycles. The molecule has 0 fully saturated rings. The van der Waals surface area contributed by atoms with Gasteiger partial charge in [-0.05, 0) is 41.2 Å². The topological polar surface area (TPSA) is 102 Å². The first-order valence-electron chi connectivity index (χ1n) is 11.3. The van der Waals surface area contributed by atoms with Crippen LogP contribution in [-0.2, 0) is 0 Å². The Bertz CT molecular complexity index is 1360. The molecule has 4 rings (SSSR count). The number of pyridine rings is 1. The second kappa shape index (κ2) is 9.88. The second-order valence-corrected chi connectivity index (χ2v) is 9.94. The van der Waals surface area contributed by atoms with E-state index in [1.165, 1.54) is 12.1 Å². The van der Waals surface area contributed by atoms with Gasteiger partial charge < -0.3 is 10.6 Å². The Hall–Kier alpha value is -3.70. The van der Waals surface area contributed by atoms with Gasteiger partial charge in [0.25, 0.3) is 0 Å². The fourth-order valence-electron chi connectivity index (χ4n) is 3.64. The number of fused-ring (bicyclic) bond motifs is 1. The monoisotopic (exact) mass is 491 g/mol. The fourth-order valence-corrected chi connectivity index (χ4v) is 3.91. The first-order valence-corrected chi connectivity index (χ1v) is 11.7. The Labute approximate surface area is 208 Å². The lowest BCUT2D eigenvalue weighted by molar-refractivity contribution is 0.270. The van der Waals surface area contributed by atoms with Crippen LogP contribution in [0.2, 0.25) is 5.02 Å². The van der Waals surface area contributed by atoms with Gasteiger partial charge >= 0.3 is 0 Å². The largest absolute Gasteiger partial charge is 0.383 e. The van der Waals surface area contributed by atoms with Gasteiger partial charge in [-0.1, -0.05) is 51.4 Å². The summed E-state index contributed by atoms with van der Waals surface area (Å²) in [5.41, 5.74) is 3.87. The van der Waals surface area contributed by atoms with Crippen molar-refractivity contribution in [1.82, 2.24) is 20.4 Å². The Kier molecular flexibility index (Phi) is 6.90. The minimum Gasteiger partial charge on any atom is -0.383 e. The number of H-pyrrole nitrogens is 1. The van der Waals surface area contributed by atoms with E-state index < -0.39 is 6.04 Å². The standard InChI is InChI=1S/C26H27ClFN7/c1-15(2)26(3,4)14-31-23-17(11-29)12-30-25-20(23)9-19(10-21(25)27)33-24(22-13-32-35-34-22)16-5-7-18(28)8-6-16/h5-10,12-13,15,24,33H,14H2,1-4H3,(H,30,31)(H,32,34,35). The van der Waals surface area contributed by atoms with E-state index in [9.17, 15) is 9.65 Å². The number of aromatic amines is 1. The lowest BCUT2D eigenvalue weighted by Gasteiger charge is -2.30. The normalized spacial score (nSPS) is 12.5. The molecular formula is C26H27ClFN7. The predicted octanol–water partition coefficient (Wildman–Crippen LogP) is 6.31. The van der Waals surface area contributed by atoms with Crippen molar-refractivity contribution in [2.45, 2.75) is 33.7 Å². The molecule has 0 aliphatic rings. The molecule has 0 aliphatic heterocycles. The molecule has 2 heterocycles. The van der Waals surface area contributed by atoms with Crippen LogP contribution in [0.5, 0.6) is 0 Å². The zero-order chi connectivity index (χ0) is 25.2. The highest BCUT2D eigenvalue weighted by molar-refractivity contribution is 6.35. The van der Waals surface area contributed by atoms with E-state index in [4.69, 9.17) is 11.6 Å². The fraction of sp³-hybridized carbons (Fsp3) is 0.308. The van der Waals surface area contributed by atoms with Crippen molar-refractivity contribution >= 4 is 33.9 Å². The van der Waals surface area contributed by atoms with E-state index in [1.807, 2.05) is 6.07 Å². The molecule has 0 spiro atoms. The number of halogens is 2. The molecule has 7 nitrogen and oxygen atoms in total. The molecule has 0 saturated carbocycles. The molecule has 1 atom stereocenters. The van der Waals surface area contributed by atoms with Crippen LogP contribution in [0.1, 0.15) is 50.6 Å². The molecule has 2 aromatic carbocycles. The van der Waals surface area contributed by atoms with Crippen LogP contribution in [-0.4, -0.2) is 26.9 Å². The maximum Gasteiger partial charge on any atom is 0.123 e.